The van der Waals surface area contributed by atoms with Crippen molar-refractivity contribution in [3.63, 3.8) is 0 Å². The number of carboxylic acid groups (broad SMARTS) is 1. The molecule has 1 aliphatic rings. The number of aliphatic carboxylic acids is 1. The van der Waals surface area contributed by atoms with Crippen molar-refractivity contribution in [1.82, 2.24) is 0 Å². The van der Waals surface area contributed by atoms with Crippen molar-refractivity contribution in [1.29, 1.82) is 0 Å². The average Bonchev–Trinajstić information content (AvgIpc) is 2.97. The Bertz CT molecular complexity index is 1570. The van der Waals surface area contributed by atoms with E-state index in [-0.39, 0.29) is 12.3 Å². The molecule has 4 aromatic carbocycles. The Morgan fingerprint density at radius 2 is 1.68 bits per heavy atom. The van der Waals surface area contributed by atoms with E-state index >= 15 is 0 Å². The summed E-state index contributed by atoms with van der Waals surface area (Å²) in [5.41, 5.74) is 5.01. The molecule has 204 valence electrons. The Morgan fingerprint density at radius 3 is 2.50 bits per heavy atom. The van der Waals surface area contributed by atoms with Crippen molar-refractivity contribution in [3.05, 3.63) is 107 Å². The molecule has 0 heterocycles. The first-order valence-electron chi connectivity index (χ1n) is 13.9. The normalized spacial score (nSPS) is 13.3. The molecule has 40 heavy (non-hydrogen) atoms. The number of fused-ring (bicyclic) bond motifs is 2. The summed E-state index contributed by atoms with van der Waals surface area (Å²) in [6.07, 6.45) is 5.22. The van der Waals surface area contributed by atoms with Crippen molar-refractivity contribution in [2.45, 2.75) is 57.8 Å². The number of carboxylic acids is 1. The zero-order valence-corrected chi connectivity index (χ0v) is 22.6. The Kier molecular flexibility index (Phi) is 8.25. The summed E-state index contributed by atoms with van der Waals surface area (Å²) < 4.78 is 5.71. The van der Waals surface area contributed by atoms with Crippen molar-refractivity contribution in [2.75, 3.05) is 5.32 Å². The fourth-order valence-electron chi connectivity index (χ4n) is 5.42. The molecular formula is C34H33NO5. The molecule has 6 nitrogen and oxygen atoms in total. The van der Waals surface area contributed by atoms with Crippen LogP contribution in [0.3, 0.4) is 0 Å². The maximum absolute atomic E-state index is 13.5. The summed E-state index contributed by atoms with van der Waals surface area (Å²) in [5, 5.41) is 14.2. The minimum Gasteiger partial charge on any atom is -0.481 e. The molecule has 0 aliphatic heterocycles. The number of anilines is 1. The second-order valence-electron chi connectivity index (χ2n) is 10.4. The number of esters is 1. The predicted molar refractivity (Wildman–Crippen MR) is 156 cm³/mol. The van der Waals surface area contributed by atoms with Gasteiger partial charge in [-0.1, -0.05) is 54.6 Å². The van der Waals surface area contributed by atoms with Crippen LogP contribution in [-0.2, 0) is 28.9 Å². The van der Waals surface area contributed by atoms with Crippen LogP contribution in [0.5, 0.6) is 5.75 Å². The number of rotatable bonds is 9. The number of benzene rings is 4. The molecule has 0 radical (unpaired) electrons. The van der Waals surface area contributed by atoms with Crippen molar-refractivity contribution in [3.8, 4) is 5.75 Å². The first kappa shape index (κ1) is 27.1. The number of amides is 1. The van der Waals surface area contributed by atoms with Crippen LogP contribution in [0.25, 0.3) is 10.8 Å². The maximum Gasteiger partial charge on any atom is 0.343 e. The minimum absolute atomic E-state index is 0.0158. The third-order valence-corrected chi connectivity index (χ3v) is 7.65. The number of hydrogen-bond acceptors (Lipinski definition) is 4. The highest BCUT2D eigenvalue weighted by molar-refractivity contribution is 6.01. The van der Waals surface area contributed by atoms with E-state index in [0.717, 1.165) is 41.2 Å². The van der Waals surface area contributed by atoms with E-state index in [4.69, 9.17) is 9.84 Å². The maximum atomic E-state index is 13.5. The van der Waals surface area contributed by atoms with Gasteiger partial charge in [-0.3, -0.25) is 9.59 Å². The van der Waals surface area contributed by atoms with Gasteiger partial charge in [0.2, 0.25) is 5.91 Å². The van der Waals surface area contributed by atoms with E-state index in [1.165, 1.54) is 17.5 Å². The van der Waals surface area contributed by atoms with E-state index in [1.54, 1.807) is 18.2 Å². The molecule has 6 heteroatoms. The van der Waals surface area contributed by atoms with Crippen LogP contribution in [0.15, 0.2) is 78.9 Å². The third-order valence-electron chi connectivity index (χ3n) is 7.65. The SMILES string of the molecule is CC(C(=O)Nc1cc(C(=O)Oc2ccc3c(c2)CCCC3)ccc1CCCC(=O)O)c1cccc2ccccc12. The molecule has 0 spiro atoms. The average molecular weight is 536 g/mol. The van der Waals surface area contributed by atoms with Crippen LogP contribution in [-0.4, -0.2) is 23.0 Å². The number of carbonyl (C=O) groups excluding carboxylic acids is 2. The lowest BCUT2D eigenvalue weighted by atomic mass is 9.92. The highest BCUT2D eigenvalue weighted by Crippen LogP contribution is 2.29. The van der Waals surface area contributed by atoms with E-state index in [2.05, 4.69) is 5.32 Å². The van der Waals surface area contributed by atoms with Crippen LogP contribution < -0.4 is 10.1 Å². The lowest BCUT2D eigenvalue weighted by molar-refractivity contribution is -0.137. The largest absolute Gasteiger partial charge is 0.481 e. The van der Waals surface area contributed by atoms with Crippen LogP contribution in [0.1, 0.15) is 71.1 Å². The molecule has 0 fully saturated rings. The second kappa shape index (κ2) is 12.2. The van der Waals surface area contributed by atoms with Crippen molar-refractivity contribution in [2.24, 2.45) is 0 Å². The van der Waals surface area contributed by atoms with Gasteiger partial charge in [0, 0.05) is 12.1 Å². The molecule has 1 atom stereocenters. The van der Waals surface area contributed by atoms with Gasteiger partial charge in [0.15, 0.2) is 0 Å². The molecule has 2 N–H and O–H groups in total. The van der Waals surface area contributed by atoms with Crippen LogP contribution in [0.2, 0.25) is 0 Å². The van der Waals surface area contributed by atoms with Gasteiger partial charge in [0.1, 0.15) is 5.75 Å². The molecule has 4 aromatic rings. The number of aryl methyl sites for hydroxylation is 3. The summed E-state index contributed by atoms with van der Waals surface area (Å²) in [6.45, 7) is 1.86. The first-order chi connectivity index (χ1) is 19.4. The Morgan fingerprint density at radius 1 is 0.900 bits per heavy atom. The Hall–Kier alpha value is -4.45. The molecule has 0 bridgehead atoms. The quantitative estimate of drug-likeness (QED) is 0.176. The number of carbonyl (C=O) groups is 3. The molecule has 5 rings (SSSR count). The van der Waals surface area contributed by atoms with Crippen LogP contribution in [0, 0.1) is 0 Å². The van der Waals surface area contributed by atoms with Gasteiger partial charge in [-0.2, -0.15) is 0 Å². The van der Waals surface area contributed by atoms with E-state index < -0.39 is 17.9 Å². The number of ether oxygens (including phenoxy) is 1. The van der Waals surface area contributed by atoms with E-state index in [0.29, 0.717) is 29.8 Å². The summed E-state index contributed by atoms with van der Waals surface area (Å²) in [6, 6.07) is 24.7. The zero-order chi connectivity index (χ0) is 28.1. The Labute approximate surface area is 234 Å². The Balaban J connectivity index is 1.38. The standard InChI is InChI=1S/C34H33NO5/c1-22(29-14-6-11-24-9-4-5-13-30(24)29)33(38)35-31-21-27(17-16-25(31)12-7-15-32(36)37)34(39)40-28-19-18-23-8-2-3-10-26(23)20-28/h4-6,9,11,13-14,16-22H,2-3,7-8,10,12,15H2,1H3,(H,35,38)(H,36,37). The van der Waals surface area contributed by atoms with E-state index in [1.807, 2.05) is 67.6 Å². The molecule has 1 aliphatic carbocycles. The second-order valence-corrected chi connectivity index (χ2v) is 10.4. The number of hydrogen-bond donors (Lipinski definition) is 2. The highest BCUT2D eigenvalue weighted by atomic mass is 16.5. The van der Waals surface area contributed by atoms with Crippen molar-refractivity contribution >= 4 is 34.3 Å². The predicted octanol–water partition coefficient (Wildman–Crippen LogP) is 7.09. The fourth-order valence-corrected chi connectivity index (χ4v) is 5.42. The zero-order valence-electron chi connectivity index (χ0n) is 22.6. The smallest absolute Gasteiger partial charge is 0.343 e. The van der Waals surface area contributed by atoms with E-state index in [9.17, 15) is 14.4 Å². The van der Waals surface area contributed by atoms with Gasteiger partial charge >= 0.3 is 11.9 Å². The van der Waals surface area contributed by atoms with Crippen molar-refractivity contribution < 1.29 is 24.2 Å². The van der Waals surface area contributed by atoms with Crippen LogP contribution in [0.4, 0.5) is 5.69 Å². The molecular weight excluding hydrogens is 502 g/mol. The minimum atomic E-state index is -0.875. The van der Waals surface area contributed by atoms with Crippen LogP contribution >= 0.6 is 0 Å². The van der Waals surface area contributed by atoms with Gasteiger partial charge in [-0.05, 0) is 103 Å². The highest BCUT2D eigenvalue weighted by Gasteiger charge is 2.21. The lowest BCUT2D eigenvalue weighted by Crippen LogP contribution is -2.20. The summed E-state index contributed by atoms with van der Waals surface area (Å²) in [5.74, 6) is -1.54. The van der Waals surface area contributed by atoms with Gasteiger partial charge in [0.25, 0.3) is 0 Å². The molecule has 0 saturated carbocycles. The molecule has 0 saturated heterocycles. The van der Waals surface area contributed by atoms with Gasteiger partial charge in [-0.25, -0.2) is 4.79 Å². The topological polar surface area (TPSA) is 92.7 Å². The van der Waals surface area contributed by atoms with Gasteiger partial charge < -0.3 is 15.2 Å². The number of nitrogens with one attached hydrogen (secondary N) is 1. The first-order valence-corrected chi connectivity index (χ1v) is 13.9. The summed E-state index contributed by atoms with van der Waals surface area (Å²) in [7, 11) is 0. The molecule has 0 aromatic heterocycles. The monoisotopic (exact) mass is 535 g/mol. The summed E-state index contributed by atoms with van der Waals surface area (Å²) in [4.78, 5) is 37.7. The fraction of sp³-hybridized carbons (Fsp3) is 0.265. The molecule has 1 unspecified atom stereocenters. The third kappa shape index (κ3) is 6.23. The molecule has 1 amide bonds. The summed E-state index contributed by atoms with van der Waals surface area (Å²) >= 11 is 0. The lowest BCUT2D eigenvalue weighted by Gasteiger charge is -2.18. The van der Waals surface area contributed by atoms with Gasteiger partial charge in [0.05, 0.1) is 11.5 Å². The van der Waals surface area contributed by atoms with Gasteiger partial charge in [-0.15, -0.1) is 0 Å².